The molecule has 0 bridgehead atoms. The molecule has 0 aliphatic carbocycles. The Bertz CT molecular complexity index is 919. The van der Waals surface area contributed by atoms with Crippen molar-refractivity contribution in [2.75, 3.05) is 6.54 Å². The van der Waals surface area contributed by atoms with Crippen molar-refractivity contribution in [1.29, 1.82) is 0 Å². The zero-order chi connectivity index (χ0) is 16.7. The molecule has 0 radical (unpaired) electrons. The molecule has 1 atom stereocenters. The van der Waals surface area contributed by atoms with Gasteiger partial charge in [-0.15, -0.1) is 0 Å². The second-order valence-corrected chi connectivity index (χ2v) is 6.16. The maximum absolute atomic E-state index is 13.4. The van der Waals surface area contributed by atoms with Gasteiger partial charge in [-0.25, -0.2) is 4.39 Å². The van der Waals surface area contributed by atoms with Crippen molar-refractivity contribution in [1.82, 2.24) is 9.88 Å². The van der Waals surface area contributed by atoms with Crippen LogP contribution in [0.4, 0.5) is 4.39 Å². The summed E-state index contributed by atoms with van der Waals surface area (Å²) in [6, 6.07) is 11.8. The highest BCUT2D eigenvalue weighted by molar-refractivity contribution is 5.89. The van der Waals surface area contributed by atoms with Gasteiger partial charge in [-0.05, 0) is 35.7 Å². The fourth-order valence-corrected chi connectivity index (χ4v) is 3.57. The standard InChI is InChI=1S/C19H17FN2O2/c20-14-5-6-15-16(10-21-17(15)9-14)18(19(23)24)22-8-7-12-3-1-2-4-13(12)11-22/h1-6,9-10,18,21H,7-8,11H2,(H,23,24)/t18-/m0/s1. The van der Waals surface area contributed by atoms with Gasteiger partial charge in [0.1, 0.15) is 11.9 Å². The number of aromatic nitrogens is 1. The zero-order valence-corrected chi connectivity index (χ0v) is 13.0. The number of carbonyl (C=O) groups is 1. The van der Waals surface area contributed by atoms with E-state index in [1.165, 1.54) is 23.3 Å². The van der Waals surface area contributed by atoms with Gasteiger partial charge in [0, 0.05) is 35.8 Å². The number of hydrogen-bond acceptors (Lipinski definition) is 2. The van der Waals surface area contributed by atoms with Crippen molar-refractivity contribution in [2.45, 2.75) is 19.0 Å². The number of hydrogen-bond donors (Lipinski definition) is 2. The van der Waals surface area contributed by atoms with Crippen LogP contribution >= 0.6 is 0 Å². The van der Waals surface area contributed by atoms with Crippen molar-refractivity contribution in [3.8, 4) is 0 Å². The molecule has 24 heavy (non-hydrogen) atoms. The van der Waals surface area contributed by atoms with E-state index in [1.54, 1.807) is 12.3 Å². The van der Waals surface area contributed by atoms with E-state index in [0.29, 0.717) is 24.2 Å². The molecule has 122 valence electrons. The molecular weight excluding hydrogens is 307 g/mol. The highest BCUT2D eigenvalue weighted by Gasteiger charge is 2.31. The Morgan fingerprint density at radius 3 is 2.79 bits per heavy atom. The molecule has 0 fully saturated rings. The average molecular weight is 324 g/mol. The Balaban J connectivity index is 1.74. The number of aromatic amines is 1. The first-order valence-electron chi connectivity index (χ1n) is 7.93. The molecule has 4 nitrogen and oxygen atoms in total. The van der Waals surface area contributed by atoms with E-state index < -0.39 is 12.0 Å². The molecular formula is C19H17FN2O2. The number of fused-ring (bicyclic) bond motifs is 2. The minimum Gasteiger partial charge on any atom is -0.480 e. The van der Waals surface area contributed by atoms with E-state index in [2.05, 4.69) is 11.1 Å². The number of aliphatic carboxylic acids is 1. The average Bonchev–Trinajstić information content (AvgIpc) is 2.97. The fraction of sp³-hybridized carbons (Fsp3) is 0.211. The second kappa shape index (κ2) is 5.76. The van der Waals surface area contributed by atoms with E-state index in [0.717, 1.165) is 11.8 Å². The molecule has 2 N–H and O–H groups in total. The zero-order valence-electron chi connectivity index (χ0n) is 13.0. The summed E-state index contributed by atoms with van der Waals surface area (Å²) in [5.41, 5.74) is 3.74. The molecule has 4 rings (SSSR count). The molecule has 0 amide bonds. The molecule has 0 unspecified atom stereocenters. The van der Waals surface area contributed by atoms with Gasteiger partial charge in [-0.3, -0.25) is 9.69 Å². The van der Waals surface area contributed by atoms with Gasteiger partial charge in [0.25, 0.3) is 0 Å². The second-order valence-electron chi connectivity index (χ2n) is 6.16. The molecule has 1 aromatic heterocycles. The van der Waals surface area contributed by atoms with E-state index in [4.69, 9.17) is 0 Å². The van der Waals surface area contributed by atoms with Crippen LogP contribution in [0.2, 0.25) is 0 Å². The SMILES string of the molecule is O=C(O)[C@H](c1c[nH]c2cc(F)ccc12)N1CCc2ccccc2C1. The van der Waals surface area contributed by atoms with Crippen molar-refractivity contribution >= 4 is 16.9 Å². The van der Waals surface area contributed by atoms with Crippen LogP contribution in [0.15, 0.2) is 48.7 Å². The summed E-state index contributed by atoms with van der Waals surface area (Å²) >= 11 is 0. The van der Waals surface area contributed by atoms with E-state index in [1.807, 2.05) is 23.1 Å². The summed E-state index contributed by atoms with van der Waals surface area (Å²) in [5.74, 6) is -1.23. The van der Waals surface area contributed by atoms with Crippen LogP contribution in [0.1, 0.15) is 22.7 Å². The van der Waals surface area contributed by atoms with Gasteiger partial charge in [0.05, 0.1) is 0 Å². The number of rotatable bonds is 3. The van der Waals surface area contributed by atoms with Crippen LogP contribution < -0.4 is 0 Å². The van der Waals surface area contributed by atoms with Gasteiger partial charge in [0.2, 0.25) is 0 Å². The highest BCUT2D eigenvalue weighted by Crippen LogP contribution is 2.32. The number of nitrogens with zero attached hydrogens (tertiary/aromatic N) is 1. The van der Waals surface area contributed by atoms with E-state index >= 15 is 0 Å². The van der Waals surface area contributed by atoms with Crippen LogP contribution in [0.3, 0.4) is 0 Å². The molecule has 2 heterocycles. The van der Waals surface area contributed by atoms with E-state index in [9.17, 15) is 14.3 Å². The monoisotopic (exact) mass is 324 g/mol. The van der Waals surface area contributed by atoms with Crippen molar-refractivity contribution < 1.29 is 14.3 Å². The molecule has 0 saturated heterocycles. The summed E-state index contributed by atoms with van der Waals surface area (Å²) in [4.78, 5) is 17.0. The summed E-state index contributed by atoms with van der Waals surface area (Å²) in [7, 11) is 0. The van der Waals surface area contributed by atoms with Crippen LogP contribution in [-0.2, 0) is 17.8 Å². The van der Waals surface area contributed by atoms with Gasteiger partial charge in [0.15, 0.2) is 0 Å². The molecule has 0 saturated carbocycles. The Morgan fingerprint density at radius 2 is 2.00 bits per heavy atom. The number of H-pyrrole nitrogens is 1. The minimum absolute atomic E-state index is 0.338. The molecule has 5 heteroatoms. The minimum atomic E-state index is -0.889. The highest BCUT2D eigenvalue weighted by atomic mass is 19.1. The lowest BCUT2D eigenvalue weighted by Crippen LogP contribution is -2.38. The summed E-state index contributed by atoms with van der Waals surface area (Å²) in [5, 5.41) is 10.6. The maximum atomic E-state index is 13.4. The first-order chi connectivity index (χ1) is 11.6. The molecule has 2 aromatic carbocycles. The normalized spacial score (nSPS) is 16.0. The third-order valence-electron chi connectivity index (χ3n) is 4.73. The molecule has 1 aliphatic rings. The summed E-state index contributed by atoms with van der Waals surface area (Å²) in [6.07, 6.45) is 2.51. The number of carboxylic acid groups (broad SMARTS) is 1. The third-order valence-corrected chi connectivity index (χ3v) is 4.73. The predicted molar refractivity (Wildman–Crippen MR) is 89.2 cm³/mol. The Kier molecular flexibility index (Phi) is 3.58. The van der Waals surface area contributed by atoms with Gasteiger partial charge < -0.3 is 10.1 Å². The van der Waals surface area contributed by atoms with Crippen LogP contribution in [0, 0.1) is 5.82 Å². The van der Waals surface area contributed by atoms with Crippen LogP contribution in [0.5, 0.6) is 0 Å². The predicted octanol–water partition coefficient (Wildman–Crippen LogP) is 3.49. The Labute approximate surface area is 138 Å². The largest absolute Gasteiger partial charge is 0.480 e. The number of halogens is 1. The van der Waals surface area contributed by atoms with Crippen molar-refractivity contribution in [3.05, 3.63) is 71.2 Å². The first kappa shape index (κ1) is 14.9. The number of carboxylic acids is 1. The topological polar surface area (TPSA) is 56.3 Å². The maximum Gasteiger partial charge on any atom is 0.325 e. The van der Waals surface area contributed by atoms with Gasteiger partial charge in [-0.2, -0.15) is 0 Å². The lowest BCUT2D eigenvalue weighted by atomic mass is 9.96. The number of nitrogens with one attached hydrogen (secondary N) is 1. The summed E-state index contributed by atoms with van der Waals surface area (Å²) in [6.45, 7) is 1.28. The lowest BCUT2D eigenvalue weighted by Gasteiger charge is -2.33. The van der Waals surface area contributed by atoms with Crippen LogP contribution in [0.25, 0.3) is 10.9 Å². The quantitative estimate of drug-likeness (QED) is 0.775. The molecule has 1 aliphatic heterocycles. The smallest absolute Gasteiger partial charge is 0.325 e. The third kappa shape index (κ3) is 2.47. The molecule has 3 aromatic rings. The lowest BCUT2D eigenvalue weighted by molar-refractivity contribution is -0.144. The number of benzene rings is 2. The van der Waals surface area contributed by atoms with Crippen molar-refractivity contribution in [2.24, 2.45) is 0 Å². The van der Waals surface area contributed by atoms with Gasteiger partial charge in [-0.1, -0.05) is 24.3 Å². The fourth-order valence-electron chi connectivity index (χ4n) is 3.57. The Hall–Kier alpha value is -2.66. The van der Waals surface area contributed by atoms with Gasteiger partial charge >= 0.3 is 5.97 Å². The Morgan fingerprint density at radius 1 is 1.21 bits per heavy atom. The molecule has 0 spiro atoms. The summed E-state index contributed by atoms with van der Waals surface area (Å²) < 4.78 is 13.4. The first-order valence-corrected chi connectivity index (χ1v) is 7.93. The van der Waals surface area contributed by atoms with Crippen molar-refractivity contribution in [3.63, 3.8) is 0 Å². The van der Waals surface area contributed by atoms with E-state index in [-0.39, 0.29) is 5.82 Å². The van der Waals surface area contributed by atoms with Crippen LogP contribution in [-0.4, -0.2) is 27.5 Å².